The molecule has 0 bridgehead atoms. The van der Waals surface area contributed by atoms with Gasteiger partial charge in [0.25, 0.3) is 0 Å². The maximum atomic E-state index is 11.5. The second-order valence-electron chi connectivity index (χ2n) is 4.83. The van der Waals surface area contributed by atoms with Crippen LogP contribution in [0.5, 0.6) is 0 Å². The summed E-state index contributed by atoms with van der Waals surface area (Å²) >= 11 is 0. The fraction of sp³-hybridized carbons (Fsp3) is 0.727. The predicted octanol–water partition coefficient (Wildman–Crippen LogP) is 0.975. The minimum absolute atomic E-state index is 0.330. The van der Waals surface area contributed by atoms with Crippen molar-refractivity contribution in [2.45, 2.75) is 38.5 Å². The molecule has 1 saturated carbocycles. The highest BCUT2D eigenvalue weighted by Gasteiger charge is 2.40. The normalized spacial score (nSPS) is 19.1. The van der Waals surface area contributed by atoms with Crippen LogP contribution in [0.1, 0.15) is 37.9 Å². The lowest BCUT2D eigenvalue weighted by atomic mass is 9.72. The van der Waals surface area contributed by atoms with Gasteiger partial charge in [0.2, 0.25) is 5.95 Å². The zero-order chi connectivity index (χ0) is 12.5. The first kappa shape index (κ1) is 11.9. The minimum atomic E-state index is -0.733. The quantitative estimate of drug-likeness (QED) is 0.818. The number of hydrogen-bond donors (Lipinski definition) is 2. The molecule has 94 valence electrons. The molecular formula is C11H18N4O2. The van der Waals surface area contributed by atoms with Crippen LogP contribution < -0.4 is 5.73 Å². The van der Waals surface area contributed by atoms with E-state index >= 15 is 0 Å². The second-order valence-corrected chi connectivity index (χ2v) is 4.83. The molecule has 2 rings (SSSR count). The molecule has 3 N–H and O–H groups in total. The number of carboxylic acid groups (broad SMARTS) is 1. The molecule has 0 unspecified atom stereocenters. The van der Waals surface area contributed by atoms with Crippen LogP contribution in [0.4, 0.5) is 5.95 Å². The van der Waals surface area contributed by atoms with Gasteiger partial charge < -0.3 is 10.8 Å². The van der Waals surface area contributed by atoms with Gasteiger partial charge in [-0.2, -0.15) is 10.1 Å². The summed E-state index contributed by atoms with van der Waals surface area (Å²) in [6.45, 7) is 0. The summed E-state index contributed by atoms with van der Waals surface area (Å²) < 4.78 is 1.48. The van der Waals surface area contributed by atoms with E-state index in [9.17, 15) is 9.90 Å². The first-order chi connectivity index (χ1) is 8.03. The van der Waals surface area contributed by atoms with E-state index in [2.05, 4.69) is 10.1 Å². The van der Waals surface area contributed by atoms with Crippen LogP contribution in [0, 0.1) is 5.41 Å². The van der Waals surface area contributed by atoms with Crippen molar-refractivity contribution < 1.29 is 9.90 Å². The topological polar surface area (TPSA) is 94.0 Å². The summed E-state index contributed by atoms with van der Waals surface area (Å²) in [6, 6.07) is 0. The van der Waals surface area contributed by atoms with E-state index in [-0.39, 0.29) is 0 Å². The lowest BCUT2D eigenvalue weighted by molar-refractivity contribution is -0.151. The summed E-state index contributed by atoms with van der Waals surface area (Å²) in [7, 11) is 1.71. The van der Waals surface area contributed by atoms with Gasteiger partial charge in [0.15, 0.2) is 5.82 Å². The first-order valence-corrected chi connectivity index (χ1v) is 5.92. The SMILES string of the molecule is Cn1nc(CC2(C(=O)O)CCCCC2)nc1N. The van der Waals surface area contributed by atoms with E-state index in [4.69, 9.17) is 5.73 Å². The number of aryl methyl sites for hydroxylation is 1. The molecule has 6 heteroatoms. The van der Waals surface area contributed by atoms with Gasteiger partial charge in [0.05, 0.1) is 5.41 Å². The third kappa shape index (κ3) is 2.25. The van der Waals surface area contributed by atoms with E-state index in [1.165, 1.54) is 4.68 Å². The van der Waals surface area contributed by atoms with Gasteiger partial charge in [-0.25, -0.2) is 4.68 Å². The molecule has 1 aromatic rings. The molecule has 0 aromatic carbocycles. The zero-order valence-corrected chi connectivity index (χ0v) is 10.0. The molecular weight excluding hydrogens is 220 g/mol. The molecule has 0 aliphatic heterocycles. The molecule has 1 heterocycles. The fourth-order valence-electron chi connectivity index (χ4n) is 2.52. The molecule has 0 saturated heterocycles. The standard InChI is InChI=1S/C11H18N4O2/c1-15-10(12)13-8(14-15)7-11(9(16)17)5-3-2-4-6-11/h2-7H2,1H3,(H,16,17)(H2,12,13,14). The highest BCUT2D eigenvalue weighted by atomic mass is 16.4. The molecule has 17 heavy (non-hydrogen) atoms. The van der Waals surface area contributed by atoms with Crippen molar-refractivity contribution in [1.82, 2.24) is 14.8 Å². The van der Waals surface area contributed by atoms with Crippen LogP contribution in [-0.2, 0) is 18.3 Å². The zero-order valence-electron chi connectivity index (χ0n) is 10.0. The average molecular weight is 238 g/mol. The molecule has 1 fully saturated rings. The smallest absolute Gasteiger partial charge is 0.310 e. The van der Waals surface area contributed by atoms with Crippen LogP contribution in [-0.4, -0.2) is 25.8 Å². The Labute approximate surface area is 99.8 Å². The Morgan fingerprint density at radius 3 is 2.59 bits per heavy atom. The number of nitrogen functional groups attached to an aromatic ring is 1. The number of nitrogens with zero attached hydrogens (tertiary/aromatic N) is 3. The Bertz CT molecular complexity index is 402. The molecule has 0 amide bonds. The number of aliphatic carboxylic acids is 1. The molecule has 0 spiro atoms. The maximum absolute atomic E-state index is 11.5. The van der Waals surface area contributed by atoms with E-state index in [1.54, 1.807) is 7.05 Å². The van der Waals surface area contributed by atoms with Crippen molar-refractivity contribution in [3.8, 4) is 0 Å². The van der Waals surface area contributed by atoms with Crippen molar-refractivity contribution in [3.63, 3.8) is 0 Å². The Hall–Kier alpha value is -1.59. The van der Waals surface area contributed by atoms with Crippen LogP contribution >= 0.6 is 0 Å². The number of nitrogens with two attached hydrogens (primary N) is 1. The van der Waals surface area contributed by atoms with E-state index in [0.29, 0.717) is 31.0 Å². The summed E-state index contributed by atoms with van der Waals surface area (Å²) in [5.41, 5.74) is 4.92. The Kier molecular flexibility index (Phi) is 3.04. The highest BCUT2D eigenvalue weighted by Crippen LogP contribution is 2.39. The summed E-state index contributed by atoms with van der Waals surface area (Å²) in [6.07, 6.45) is 4.85. The Morgan fingerprint density at radius 1 is 1.47 bits per heavy atom. The third-order valence-corrected chi connectivity index (χ3v) is 3.60. The van der Waals surface area contributed by atoms with Gasteiger partial charge in [0, 0.05) is 13.5 Å². The molecule has 6 nitrogen and oxygen atoms in total. The molecule has 1 aromatic heterocycles. The Balaban J connectivity index is 2.20. The lowest BCUT2D eigenvalue weighted by Crippen LogP contribution is -2.35. The van der Waals surface area contributed by atoms with Gasteiger partial charge >= 0.3 is 5.97 Å². The van der Waals surface area contributed by atoms with E-state index in [0.717, 1.165) is 19.3 Å². The van der Waals surface area contributed by atoms with Crippen molar-refractivity contribution in [2.24, 2.45) is 12.5 Å². The van der Waals surface area contributed by atoms with Crippen LogP contribution in [0.2, 0.25) is 0 Å². The molecule has 0 atom stereocenters. The third-order valence-electron chi connectivity index (χ3n) is 3.60. The number of aromatic nitrogens is 3. The van der Waals surface area contributed by atoms with Crippen molar-refractivity contribution in [1.29, 1.82) is 0 Å². The number of hydrogen-bond acceptors (Lipinski definition) is 4. The maximum Gasteiger partial charge on any atom is 0.310 e. The van der Waals surface area contributed by atoms with Crippen molar-refractivity contribution >= 4 is 11.9 Å². The number of anilines is 1. The largest absolute Gasteiger partial charge is 0.481 e. The van der Waals surface area contributed by atoms with E-state index < -0.39 is 11.4 Å². The van der Waals surface area contributed by atoms with Gasteiger partial charge in [-0.05, 0) is 12.8 Å². The molecule has 1 aliphatic carbocycles. The van der Waals surface area contributed by atoms with Gasteiger partial charge in [-0.1, -0.05) is 19.3 Å². The number of carbonyl (C=O) groups is 1. The monoisotopic (exact) mass is 238 g/mol. The van der Waals surface area contributed by atoms with Crippen LogP contribution in [0.25, 0.3) is 0 Å². The summed E-state index contributed by atoms with van der Waals surface area (Å²) in [5.74, 6) is 0.133. The summed E-state index contributed by atoms with van der Waals surface area (Å²) in [4.78, 5) is 15.6. The summed E-state index contributed by atoms with van der Waals surface area (Å²) in [5, 5.41) is 13.6. The second kappa shape index (κ2) is 4.35. The van der Waals surface area contributed by atoms with Gasteiger partial charge in [-0.15, -0.1) is 0 Å². The molecule has 1 aliphatic rings. The van der Waals surface area contributed by atoms with E-state index in [1.807, 2.05) is 0 Å². The minimum Gasteiger partial charge on any atom is -0.481 e. The van der Waals surface area contributed by atoms with Gasteiger partial charge in [-0.3, -0.25) is 4.79 Å². The average Bonchev–Trinajstić information content (AvgIpc) is 2.59. The number of carboxylic acids is 1. The predicted molar refractivity (Wildman–Crippen MR) is 62.3 cm³/mol. The number of rotatable bonds is 3. The van der Waals surface area contributed by atoms with Crippen molar-refractivity contribution in [2.75, 3.05) is 5.73 Å². The van der Waals surface area contributed by atoms with Gasteiger partial charge in [0.1, 0.15) is 0 Å². The molecule has 0 radical (unpaired) electrons. The van der Waals surface area contributed by atoms with Crippen molar-refractivity contribution in [3.05, 3.63) is 5.82 Å². The first-order valence-electron chi connectivity index (χ1n) is 5.92. The Morgan fingerprint density at radius 2 is 2.12 bits per heavy atom. The fourth-order valence-corrected chi connectivity index (χ4v) is 2.52. The van der Waals surface area contributed by atoms with Crippen LogP contribution in [0.3, 0.4) is 0 Å². The lowest BCUT2D eigenvalue weighted by Gasteiger charge is -2.32. The van der Waals surface area contributed by atoms with Crippen LogP contribution in [0.15, 0.2) is 0 Å². The highest BCUT2D eigenvalue weighted by molar-refractivity contribution is 5.75.